The molecular formula is C18H18N4O3. The number of pyridine rings is 2. The average Bonchev–Trinajstić information content (AvgIpc) is 3.01. The van der Waals surface area contributed by atoms with Gasteiger partial charge in [-0.15, -0.1) is 5.10 Å². The van der Waals surface area contributed by atoms with Gasteiger partial charge >= 0.3 is 5.97 Å². The second-order valence-corrected chi connectivity index (χ2v) is 5.93. The number of morpholine rings is 1. The maximum absolute atomic E-state index is 11.2. The van der Waals surface area contributed by atoms with Crippen molar-refractivity contribution >= 4 is 17.3 Å². The maximum atomic E-state index is 11.2. The molecule has 3 aromatic rings. The molecule has 0 saturated carbocycles. The summed E-state index contributed by atoms with van der Waals surface area (Å²) in [7, 11) is 0. The highest BCUT2D eigenvalue weighted by molar-refractivity contribution is 5.85. The molecule has 0 radical (unpaired) electrons. The van der Waals surface area contributed by atoms with E-state index < -0.39 is 5.97 Å². The fourth-order valence-electron chi connectivity index (χ4n) is 3.11. The summed E-state index contributed by atoms with van der Waals surface area (Å²) in [5.41, 5.74) is 2.83. The number of hydrogen-bond donors (Lipinski definition) is 1. The van der Waals surface area contributed by atoms with Gasteiger partial charge < -0.3 is 14.7 Å². The van der Waals surface area contributed by atoms with Crippen molar-refractivity contribution in [2.24, 2.45) is 0 Å². The normalized spacial score (nSPS) is 14.8. The minimum absolute atomic E-state index is 0.0573. The van der Waals surface area contributed by atoms with E-state index in [1.807, 2.05) is 35.0 Å². The predicted molar refractivity (Wildman–Crippen MR) is 92.2 cm³/mol. The van der Waals surface area contributed by atoms with Crippen molar-refractivity contribution in [3.63, 3.8) is 0 Å². The van der Waals surface area contributed by atoms with E-state index in [2.05, 4.69) is 9.88 Å². The molecule has 7 heteroatoms. The summed E-state index contributed by atoms with van der Waals surface area (Å²) in [6.45, 7) is 2.94. The second-order valence-electron chi connectivity index (χ2n) is 5.93. The van der Waals surface area contributed by atoms with Gasteiger partial charge in [-0.05, 0) is 24.3 Å². The number of ether oxygens (including phenoxy) is 1. The third-order valence-electron chi connectivity index (χ3n) is 4.32. The van der Waals surface area contributed by atoms with Gasteiger partial charge in [-0.1, -0.05) is 12.1 Å². The van der Waals surface area contributed by atoms with Crippen LogP contribution in [0, 0.1) is 0 Å². The molecule has 1 N–H and O–H groups in total. The number of aromatic carboxylic acids is 1. The summed E-state index contributed by atoms with van der Waals surface area (Å²) in [5, 5.41) is 13.9. The fraction of sp³-hybridized carbons (Fsp3) is 0.278. The van der Waals surface area contributed by atoms with Crippen LogP contribution in [0.25, 0.3) is 5.52 Å². The molecule has 0 atom stereocenters. The Morgan fingerprint density at radius 2 is 2.00 bits per heavy atom. The van der Waals surface area contributed by atoms with E-state index in [9.17, 15) is 4.79 Å². The van der Waals surface area contributed by atoms with E-state index in [1.54, 1.807) is 6.07 Å². The Morgan fingerprint density at radius 1 is 1.16 bits per heavy atom. The van der Waals surface area contributed by atoms with E-state index >= 15 is 0 Å². The predicted octanol–water partition coefficient (Wildman–Crippen LogP) is 1.85. The molecule has 1 aliphatic rings. The molecule has 7 nitrogen and oxygen atoms in total. The maximum Gasteiger partial charge on any atom is 0.354 e. The highest BCUT2D eigenvalue weighted by atomic mass is 16.5. The lowest BCUT2D eigenvalue weighted by molar-refractivity contribution is 0.0690. The monoisotopic (exact) mass is 338 g/mol. The molecule has 0 unspecified atom stereocenters. The van der Waals surface area contributed by atoms with E-state index in [0.29, 0.717) is 25.3 Å². The van der Waals surface area contributed by atoms with E-state index in [0.717, 1.165) is 30.0 Å². The fourth-order valence-corrected chi connectivity index (χ4v) is 3.11. The second kappa shape index (κ2) is 6.52. The van der Waals surface area contributed by atoms with Crippen LogP contribution in [0.3, 0.4) is 0 Å². The molecule has 3 aromatic heterocycles. The molecule has 128 valence electrons. The van der Waals surface area contributed by atoms with Crippen molar-refractivity contribution in [2.75, 3.05) is 31.2 Å². The van der Waals surface area contributed by atoms with Crippen molar-refractivity contribution in [3.05, 3.63) is 59.5 Å². The molecule has 0 spiro atoms. The lowest BCUT2D eigenvalue weighted by Crippen LogP contribution is -2.37. The minimum atomic E-state index is -1.02. The molecule has 0 aromatic carbocycles. The third-order valence-corrected chi connectivity index (χ3v) is 4.32. The molecular weight excluding hydrogens is 320 g/mol. The van der Waals surface area contributed by atoms with Gasteiger partial charge in [0, 0.05) is 37.0 Å². The molecule has 1 saturated heterocycles. The van der Waals surface area contributed by atoms with Gasteiger partial charge in [-0.2, -0.15) is 0 Å². The van der Waals surface area contributed by atoms with Crippen LogP contribution in [0.4, 0.5) is 5.82 Å². The lowest BCUT2D eigenvalue weighted by atomic mass is 10.1. The summed E-state index contributed by atoms with van der Waals surface area (Å²) in [6.07, 6.45) is 2.45. The van der Waals surface area contributed by atoms with E-state index in [4.69, 9.17) is 14.9 Å². The Labute approximate surface area is 144 Å². The Kier molecular flexibility index (Phi) is 4.07. The van der Waals surface area contributed by atoms with Crippen LogP contribution in [0.5, 0.6) is 0 Å². The largest absolute Gasteiger partial charge is 0.477 e. The number of carboxylic acid groups (broad SMARTS) is 1. The van der Waals surface area contributed by atoms with Gasteiger partial charge in [-0.25, -0.2) is 14.3 Å². The van der Waals surface area contributed by atoms with Gasteiger partial charge in [0.15, 0.2) is 5.82 Å². The van der Waals surface area contributed by atoms with Crippen LogP contribution in [-0.4, -0.2) is 52.0 Å². The van der Waals surface area contributed by atoms with Crippen molar-refractivity contribution in [2.45, 2.75) is 6.42 Å². The van der Waals surface area contributed by atoms with Crippen molar-refractivity contribution < 1.29 is 14.6 Å². The standard InChI is InChI=1S/C18H18N4O3/c23-18(24)15-5-3-4-13(19-15)12-14-16-6-1-2-7-22(16)20-17(14)21-8-10-25-11-9-21/h1-7H,8-12H2,(H,23,24). The molecule has 1 aliphatic heterocycles. The number of carboxylic acids is 1. The Balaban J connectivity index is 1.76. The smallest absolute Gasteiger partial charge is 0.354 e. The molecule has 4 heterocycles. The van der Waals surface area contributed by atoms with Crippen LogP contribution in [-0.2, 0) is 11.2 Å². The quantitative estimate of drug-likeness (QED) is 0.782. The number of aromatic nitrogens is 3. The lowest BCUT2D eigenvalue weighted by Gasteiger charge is -2.27. The summed E-state index contributed by atoms with van der Waals surface area (Å²) in [4.78, 5) is 17.7. The van der Waals surface area contributed by atoms with Crippen LogP contribution >= 0.6 is 0 Å². The average molecular weight is 338 g/mol. The topological polar surface area (TPSA) is 80.0 Å². The molecule has 1 fully saturated rings. The number of fused-ring (bicyclic) bond motifs is 1. The summed E-state index contributed by atoms with van der Waals surface area (Å²) in [5.74, 6) is -0.104. The number of rotatable bonds is 4. The van der Waals surface area contributed by atoms with Crippen LogP contribution in [0.2, 0.25) is 0 Å². The summed E-state index contributed by atoms with van der Waals surface area (Å²) in [6, 6.07) is 11.0. The summed E-state index contributed by atoms with van der Waals surface area (Å²) < 4.78 is 7.30. The zero-order valence-electron chi connectivity index (χ0n) is 13.6. The summed E-state index contributed by atoms with van der Waals surface area (Å²) >= 11 is 0. The van der Waals surface area contributed by atoms with Gasteiger partial charge in [0.25, 0.3) is 0 Å². The number of hydrogen-bond acceptors (Lipinski definition) is 5. The molecule has 4 rings (SSSR count). The molecule has 0 bridgehead atoms. The Morgan fingerprint density at radius 3 is 2.80 bits per heavy atom. The number of nitrogens with zero attached hydrogens (tertiary/aromatic N) is 4. The third kappa shape index (κ3) is 3.06. The molecule has 25 heavy (non-hydrogen) atoms. The molecule has 0 aliphatic carbocycles. The number of anilines is 1. The Hall–Kier alpha value is -2.93. The minimum Gasteiger partial charge on any atom is -0.477 e. The zero-order valence-corrected chi connectivity index (χ0v) is 13.6. The van der Waals surface area contributed by atoms with Crippen LogP contribution in [0.15, 0.2) is 42.6 Å². The number of carbonyl (C=O) groups is 1. The van der Waals surface area contributed by atoms with Crippen molar-refractivity contribution in [1.29, 1.82) is 0 Å². The van der Waals surface area contributed by atoms with Gasteiger partial charge in [0.1, 0.15) is 5.69 Å². The first kappa shape index (κ1) is 15.6. The van der Waals surface area contributed by atoms with E-state index in [-0.39, 0.29) is 5.69 Å². The molecule has 0 amide bonds. The Bertz CT molecular complexity index is 916. The van der Waals surface area contributed by atoms with Crippen molar-refractivity contribution in [1.82, 2.24) is 14.6 Å². The SMILES string of the molecule is O=C(O)c1cccc(Cc2c(N3CCOCC3)nn3ccccc23)n1. The van der Waals surface area contributed by atoms with Crippen LogP contribution in [0.1, 0.15) is 21.7 Å². The van der Waals surface area contributed by atoms with Gasteiger partial charge in [0.05, 0.1) is 18.7 Å². The first-order valence-corrected chi connectivity index (χ1v) is 8.20. The highest BCUT2D eigenvalue weighted by Crippen LogP contribution is 2.27. The highest BCUT2D eigenvalue weighted by Gasteiger charge is 2.21. The van der Waals surface area contributed by atoms with Gasteiger partial charge in [-0.3, -0.25) is 0 Å². The first-order valence-electron chi connectivity index (χ1n) is 8.20. The zero-order chi connectivity index (χ0) is 17.2. The van der Waals surface area contributed by atoms with Gasteiger partial charge in [0.2, 0.25) is 0 Å². The first-order chi connectivity index (χ1) is 12.2. The van der Waals surface area contributed by atoms with Crippen LogP contribution < -0.4 is 4.90 Å². The van der Waals surface area contributed by atoms with E-state index in [1.165, 1.54) is 6.07 Å². The van der Waals surface area contributed by atoms with Crippen molar-refractivity contribution in [3.8, 4) is 0 Å².